The predicted octanol–water partition coefficient (Wildman–Crippen LogP) is 1.96. The molecule has 3 nitrogen and oxygen atoms in total. The Bertz CT molecular complexity index is 471. The maximum absolute atomic E-state index is 12.7. The molecule has 2 heterocycles. The number of hydrogen-bond acceptors (Lipinski definition) is 2. The SMILES string of the molecule is CC1NCCC1C(=O)N1c2ccccc2CC1C. The molecule has 0 bridgehead atoms. The van der Waals surface area contributed by atoms with Gasteiger partial charge in [0.05, 0.1) is 5.92 Å². The zero-order valence-electron chi connectivity index (χ0n) is 11.0. The second-order valence-corrected chi connectivity index (χ2v) is 5.53. The fraction of sp³-hybridized carbons (Fsp3) is 0.533. The molecule has 0 aliphatic carbocycles. The molecule has 0 aromatic heterocycles. The van der Waals surface area contributed by atoms with E-state index in [0.29, 0.717) is 18.0 Å². The smallest absolute Gasteiger partial charge is 0.231 e. The monoisotopic (exact) mass is 244 g/mol. The number of rotatable bonds is 1. The van der Waals surface area contributed by atoms with Crippen LogP contribution in [0.3, 0.4) is 0 Å². The third-order valence-corrected chi connectivity index (χ3v) is 4.29. The van der Waals surface area contributed by atoms with Crippen molar-refractivity contribution in [3.05, 3.63) is 29.8 Å². The van der Waals surface area contributed by atoms with Crippen molar-refractivity contribution in [1.29, 1.82) is 0 Å². The standard InChI is InChI=1S/C15H20N2O/c1-10-9-12-5-3-4-6-14(12)17(10)15(18)13-7-8-16-11(13)2/h3-6,10-11,13,16H,7-9H2,1-2H3. The first kappa shape index (κ1) is 11.7. The highest BCUT2D eigenvalue weighted by atomic mass is 16.2. The Hall–Kier alpha value is -1.35. The van der Waals surface area contributed by atoms with Crippen LogP contribution in [0.15, 0.2) is 24.3 Å². The fourth-order valence-corrected chi connectivity index (χ4v) is 3.28. The molecule has 3 atom stereocenters. The van der Waals surface area contributed by atoms with Crippen LogP contribution in [0.4, 0.5) is 5.69 Å². The molecule has 2 aliphatic rings. The molecule has 96 valence electrons. The number of carbonyl (C=O) groups is 1. The van der Waals surface area contributed by atoms with Crippen molar-refractivity contribution in [3.63, 3.8) is 0 Å². The van der Waals surface area contributed by atoms with E-state index in [-0.39, 0.29) is 5.92 Å². The molecular weight excluding hydrogens is 224 g/mol. The van der Waals surface area contributed by atoms with E-state index < -0.39 is 0 Å². The molecule has 3 unspecified atom stereocenters. The van der Waals surface area contributed by atoms with E-state index in [2.05, 4.69) is 37.4 Å². The molecule has 3 heteroatoms. The van der Waals surface area contributed by atoms with Gasteiger partial charge in [0.25, 0.3) is 0 Å². The zero-order valence-corrected chi connectivity index (χ0v) is 11.0. The number of nitrogens with one attached hydrogen (secondary N) is 1. The fourth-order valence-electron chi connectivity index (χ4n) is 3.28. The summed E-state index contributed by atoms with van der Waals surface area (Å²) in [6.07, 6.45) is 1.95. The second-order valence-electron chi connectivity index (χ2n) is 5.53. The lowest BCUT2D eigenvalue weighted by molar-refractivity contribution is -0.122. The van der Waals surface area contributed by atoms with Crippen LogP contribution in [0, 0.1) is 5.92 Å². The Kier molecular flexibility index (Phi) is 2.86. The molecular formula is C15H20N2O. The minimum Gasteiger partial charge on any atom is -0.313 e. The molecule has 2 aliphatic heterocycles. The van der Waals surface area contributed by atoms with Crippen LogP contribution in [0.1, 0.15) is 25.8 Å². The third kappa shape index (κ3) is 1.74. The Morgan fingerprint density at radius 1 is 1.33 bits per heavy atom. The summed E-state index contributed by atoms with van der Waals surface area (Å²) in [6, 6.07) is 8.88. The van der Waals surface area contributed by atoms with Crippen LogP contribution in [-0.2, 0) is 11.2 Å². The minimum absolute atomic E-state index is 0.138. The number of nitrogens with zero attached hydrogens (tertiary/aromatic N) is 1. The van der Waals surface area contributed by atoms with Gasteiger partial charge in [-0.3, -0.25) is 4.79 Å². The molecule has 1 N–H and O–H groups in total. The van der Waals surface area contributed by atoms with Gasteiger partial charge in [0.15, 0.2) is 0 Å². The Balaban J connectivity index is 1.90. The lowest BCUT2D eigenvalue weighted by Gasteiger charge is -2.27. The third-order valence-electron chi connectivity index (χ3n) is 4.29. The van der Waals surface area contributed by atoms with Gasteiger partial charge in [0, 0.05) is 17.8 Å². The number of carbonyl (C=O) groups excluding carboxylic acids is 1. The van der Waals surface area contributed by atoms with E-state index in [1.54, 1.807) is 0 Å². The topological polar surface area (TPSA) is 32.3 Å². The molecule has 3 rings (SSSR count). The Labute approximate surface area is 108 Å². The van der Waals surface area contributed by atoms with Gasteiger partial charge in [-0.15, -0.1) is 0 Å². The first-order valence-corrected chi connectivity index (χ1v) is 6.83. The van der Waals surface area contributed by atoms with Gasteiger partial charge in [-0.25, -0.2) is 0 Å². The summed E-state index contributed by atoms with van der Waals surface area (Å²) in [5, 5.41) is 3.37. The summed E-state index contributed by atoms with van der Waals surface area (Å²) >= 11 is 0. The van der Waals surface area contributed by atoms with Crippen molar-refractivity contribution in [2.75, 3.05) is 11.4 Å². The molecule has 0 saturated carbocycles. The second kappa shape index (κ2) is 4.39. The number of hydrogen-bond donors (Lipinski definition) is 1. The predicted molar refractivity (Wildman–Crippen MR) is 72.7 cm³/mol. The van der Waals surface area contributed by atoms with Gasteiger partial charge in [-0.1, -0.05) is 18.2 Å². The number of benzene rings is 1. The molecule has 1 aromatic rings. The first-order valence-electron chi connectivity index (χ1n) is 6.83. The number of anilines is 1. The van der Waals surface area contributed by atoms with E-state index >= 15 is 0 Å². The average molecular weight is 244 g/mol. The Morgan fingerprint density at radius 3 is 2.83 bits per heavy atom. The van der Waals surface area contributed by atoms with Crippen LogP contribution < -0.4 is 10.2 Å². The van der Waals surface area contributed by atoms with Crippen molar-refractivity contribution >= 4 is 11.6 Å². The van der Waals surface area contributed by atoms with Gasteiger partial charge in [0.2, 0.25) is 5.91 Å². The zero-order chi connectivity index (χ0) is 12.7. The molecule has 1 fully saturated rings. The molecule has 0 radical (unpaired) electrons. The van der Waals surface area contributed by atoms with Crippen molar-refractivity contribution in [3.8, 4) is 0 Å². The van der Waals surface area contributed by atoms with Crippen LogP contribution >= 0.6 is 0 Å². The highest BCUT2D eigenvalue weighted by Crippen LogP contribution is 2.34. The summed E-state index contributed by atoms with van der Waals surface area (Å²) in [7, 11) is 0. The van der Waals surface area contributed by atoms with Gasteiger partial charge >= 0.3 is 0 Å². The largest absolute Gasteiger partial charge is 0.313 e. The van der Waals surface area contributed by atoms with Gasteiger partial charge < -0.3 is 10.2 Å². The summed E-state index contributed by atoms with van der Waals surface area (Å²) in [4.78, 5) is 14.7. The van der Waals surface area contributed by atoms with E-state index in [1.807, 2.05) is 11.0 Å². The van der Waals surface area contributed by atoms with Crippen LogP contribution in [-0.4, -0.2) is 24.5 Å². The maximum Gasteiger partial charge on any atom is 0.231 e. The highest BCUT2D eigenvalue weighted by molar-refractivity contribution is 5.98. The lowest BCUT2D eigenvalue weighted by Crippen LogP contribution is -2.43. The molecule has 18 heavy (non-hydrogen) atoms. The van der Waals surface area contributed by atoms with Crippen LogP contribution in [0.2, 0.25) is 0 Å². The van der Waals surface area contributed by atoms with Crippen LogP contribution in [0.5, 0.6) is 0 Å². The van der Waals surface area contributed by atoms with Crippen molar-refractivity contribution in [2.45, 2.75) is 38.8 Å². The molecule has 1 saturated heterocycles. The van der Waals surface area contributed by atoms with E-state index in [1.165, 1.54) is 5.56 Å². The Morgan fingerprint density at radius 2 is 2.11 bits per heavy atom. The quantitative estimate of drug-likeness (QED) is 0.819. The lowest BCUT2D eigenvalue weighted by atomic mass is 10.00. The number of amides is 1. The molecule has 1 amide bonds. The van der Waals surface area contributed by atoms with E-state index in [0.717, 1.165) is 25.1 Å². The van der Waals surface area contributed by atoms with Crippen molar-refractivity contribution in [1.82, 2.24) is 5.32 Å². The first-order chi connectivity index (χ1) is 8.68. The minimum atomic E-state index is 0.138. The number of para-hydroxylation sites is 1. The average Bonchev–Trinajstić information content (AvgIpc) is 2.91. The normalized spacial score (nSPS) is 30.6. The summed E-state index contributed by atoms with van der Waals surface area (Å²) in [5.74, 6) is 0.434. The van der Waals surface area contributed by atoms with Gasteiger partial charge in [-0.2, -0.15) is 0 Å². The summed E-state index contributed by atoms with van der Waals surface area (Å²) < 4.78 is 0. The number of fused-ring (bicyclic) bond motifs is 1. The molecule has 1 aromatic carbocycles. The van der Waals surface area contributed by atoms with E-state index in [9.17, 15) is 4.79 Å². The molecule has 0 spiro atoms. The van der Waals surface area contributed by atoms with Gasteiger partial charge in [-0.05, 0) is 44.9 Å². The van der Waals surface area contributed by atoms with E-state index in [4.69, 9.17) is 0 Å². The van der Waals surface area contributed by atoms with Crippen LogP contribution in [0.25, 0.3) is 0 Å². The van der Waals surface area contributed by atoms with Crippen molar-refractivity contribution < 1.29 is 4.79 Å². The summed E-state index contributed by atoms with van der Waals surface area (Å²) in [5.41, 5.74) is 2.42. The van der Waals surface area contributed by atoms with Gasteiger partial charge in [0.1, 0.15) is 0 Å². The van der Waals surface area contributed by atoms with Crippen molar-refractivity contribution in [2.24, 2.45) is 5.92 Å². The summed E-state index contributed by atoms with van der Waals surface area (Å²) in [6.45, 7) is 5.22. The highest BCUT2D eigenvalue weighted by Gasteiger charge is 2.38. The maximum atomic E-state index is 12.7.